The molecule has 2 aliphatic carbocycles. The Morgan fingerprint density at radius 1 is 1.15 bits per heavy atom. The normalized spacial score (nSPS) is 21.2. The van der Waals surface area contributed by atoms with Crippen LogP contribution in [0.2, 0.25) is 0 Å². The predicted molar refractivity (Wildman–Crippen MR) is 79.6 cm³/mol. The molecule has 0 unspecified atom stereocenters. The van der Waals surface area contributed by atoms with Gasteiger partial charge in [0, 0.05) is 12.5 Å². The van der Waals surface area contributed by atoms with Gasteiger partial charge in [-0.25, -0.2) is 4.68 Å². The van der Waals surface area contributed by atoms with Crippen molar-refractivity contribution in [1.29, 1.82) is 0 Å². The molecule has 3 rings (SSSR count). The van der Waals surface area contributed by atoms with Gasteiger partial charge in [0.1, 0.15) is 5.82 Å². The Bertz CT molecular complexity index is 442. The second kappa shape index (κ2) is 6.42. The number of carbonyl (C=O) groups excluding carboxylic acids is 1. The third kappa shape index (κ3) is 3.22. The van der Waals surface area contributed by atoms with E-state index in [0.717, 1.165) is 5.82 Å². The van der Waals surface area contributed by atoms with E-state index in [-0.39, 0.29) is 5.91 Å². The lowest BCUT2D eigenvalue weighted by molar-refractivity contribution is -0.117. The number of carbonyl (C=O) groups is 1. The molecule has 2 fully saturated rings. The highest BCUT2D eigenvalue weighted by atomic mass is 16.1. The molecule has 1 aromatic rings. The Kier molecular flexibility index (Phi) is 4.38. The van der Waals surface area contributed by atoms with Crippen molar-refractivity contribution in [2.75, 3.05) is 5.32 Å². The summed E-state index contributed by atoms with van der Waals surface area (Å²) in [6.07, 6.45) is 13.8. The van der Waals surface area contributed by atoms with Crippen molar-refractivity contribution in [1.82, 2.24) is 9.78 Å². The minimum Gasteiger partial charge on any atom is -0.311 e. The van der Waals surface area contributed by atoms with Gasteiger partial charge in [-0.3, -0.25) is 4.79 Å². The lowest BCUT2D eigenvalue weighted by atomic mass is 9.96. The molecule has 0 bridgehead atoms. The van der Waals surface area contributed by atoms with Crippen LogP contribution in [-0.4, -0.2) is 15.7 Å². The summed E-state index contributed by atoms with van der Waals surface area (Å²) < 4.78 is 2.03. The smallest absolute Gasteiger partial charge is 0.225 e. The van der Waals surface area contributed by atoms with Crippen molar-refractivity contribution in [2.45, 2.75) is 70.3 Å². The summed E-state index contributed by atoms with van der Waals surface area (Å²) in [5.41, 5.74) is 0. The molecule has 110 valence electrons. The number of rotatable bonds is 4. The van der Waals surface area contributed by atoms with E-state index in [2.05, 4.69) is 10.4 Å². The fourth-order valence-corrected chi connectivity index (χ4v) is 3.70. The average molecular weight is 275 g/mol. The Morgan fingerprint density at radius 2 is 1.85 bits per heavy atom. The summed E-state index contributed by atoms with van der Waals surface area (Å²) in [5.74, 6) is 1.65. The van der Waals surface area contributed by atoms with Crippen molar-refractivity contribution in [2.24, 2.45) is 5.92 Å². The van der Waals surface area contributed by atoms with Gasteiger partial charge < -0.3 is 5.32 Å². The van der Waals surface area contributed by atoms with Crippen LogP contribution >= 0.6 is 0 Å². The number of amides is 1. The SMILES string of the molecule is O=C(CC1CCCC1)Nc1ccnn1C1CCCCC1. The Hall–Kier alpha value is -1.32. The first kappa shape index (κ1) is 13.7. The van der Waals surface area contributed by atoms with Crippen molar-refractivity contribution >= 4 is 11.7 Å². The number of hydrogen-bond acceptors (Lipinski definition) is 2. The van der Waals surface area contributed by atoms with E-state index < -0.39 is 0 Å². The van der Waals surface area contributed by atoms with Gasteiger partial charge >= 0.3 is 0 Å². The molecule has 4 nitrogen and oxygen atoms in total. The molecule has 1 N–H and O–H groups in total. The van der Waals surface area contributed by atoms with Gasteiger partial charge in [0.25, 0.3) is 0 Å². The Morgan fingerprint density at radius 3 is 2.60 bits per heavy atom. The minimum atomic E-state index is 0.162. The lowest BCUT2D eigenvalue weighted by Crippen LogP contribution is -2.21. The largest absolute Gasteiger partial charge is 0.311 e. The van der Waals surface area contributed by atoms with E-state index in [1.807, 2.05) is 10.7 Å². The maximum atomic E-state index is 12.1. The Labute approximate surface area is 120 Å². The van der Waals surface area contributed by atoms with Gasteiger partial charge in [-0.2, -0.15) is 5.10 Å². The molecular formula is C16H25N3O. The predicted octanol–water partition coefficient (Wildman–Crippen LogP) is 3.91. The van der Waals surface area contributed by atoms with Crippen molar-refractivity contribution in [3.05, 3.63) is 12.3 Å². The summed E-state index contributed by atoms with van der Waals surface area (Å²) in [4.78, 5) is 12.1. The summed E-state index contributed by atoms with van der Waals surface area (Å²) in [6.45, 7) is 0. The van der Waals surface area contributed by atoms with E-state index in [1.165, 1.54) is 57.8 Å². The fourth-order valence-electron chi connectivity index (χ4n) is 3.70. The fraction of sp³-hybridized carbons (Fsp3) is 0.750. The Balaban J connectivity index is 1.59. The molecule has 0 radical (unpaired) electrons. The number of aromatic nitrogens is 2. The quantitative estimate of drug-likeness (QED) is 0.905. The summed E-state index contributed by atoms with van der Waals surface area (Å²) in [6, 6.07) is 2.40. The van der Waals surface area contributed by atoms with Gasteiger partial charge in [-0.05, 0) is 31.6 Å². The van der Waals surface area contributed by atoms with E-state index >= 15 is 0 Å². The van der Waals surface area contributed by atoms with E-state index in [0.29, 0.717) is 18.4 Å². The van der Waals surface area contributed by atoms with Crippen LogP contribution in [0.1, 0.15) is 70.3 Å². The molecule has 20 heavy (non-hydrogen) atoms. The van der Waals surface area contributed by atoms with Crippen LogP contribution in [0.5, 0.6) is 0 Å². The highest BCUT2D eigenvalue weighted by molar-refractivity contribution is 5.90. The topological polar surface area (TPSA) is 46.9 Å². The van der Waals surface area contributed by atoms with Crippen molar-refractivity contribution in [3.63, 3.8) is 0 Å². The average Bonchev–Trinajstić information content (AvgIpc) is 3.11. The molecule has 0 spiro atoms. The van der Waals surface area contributed by atoms with Gasteiger partial charge in [-0.15, -0.1) is 0 Å². The van der Waals surface area contributed by atoms with Crippen molar-refractivity contribution in [3.8, 4) is 0 Å². The van der Waals surface area contributed by atoms with Crippen LogP contribution in [0.4, 0.5) is 5.82 Å². The molecule has 2 aliphatic rings. The van der Waals surface area contributed by atoms with Gasteiger partial charge in [0.2, 0.25) is 5.91 Å². The standard InChI is InChI=1S/C16H25N3O/c20-16(12-13-6-4-5-7-13)18-15-10-11-17-19(15)14-8-2-1-3-9-14/h10-11,13-14H,1-9,12H2,(H,18,20). The van der Waals surface area contributed by atoms with Gasteiger partial charge in [-0.1, -0.05) is 32.1 Å². The molecule has 0 aliphatic heterocycles. The third-order valence-corrected chi connectivity index (χ3v) is 4.81. The van der Waals surface area contributed by atoms with Crippen molar-refractivity contribution < 1.29 is 4.79 Å². The van der Waals surface area contributed by atoms with Crippen LogP contribution in [0.15, 0.2) is 12.3 Å². The van der Waals surface area contributed by atoms with E-state index in [1.54, 1.807) is 6.20 Å². The molecule has 4 heteroatoms. The third-order valence-electron chi connectivity index (χ3n) is 4.81. The van der Waals surface area contributed by atoms with Gasteiger partial charge in [0.05, 0.1) is 12.2 Å². The number of hydrogen-bond donors (Lipinski definition) is 1. The number of anilines is 1. The highest BCUT2D eigenvalue weighted by Gasteiger charge is 2.21. The maximum absolute atomic E-state index is 12.1. The first-order valence-corrected chi connectivity index (χ1v) is 8.16. The first-order valence-electron chi connectivity index (χ1n) is 8.16. The van der Waals surface area contributed by atoms with Crippen LogP contribution < -0.4 is 5.32 Å². The molecule has 2 saturated carbocycles. The summed E-state index contributed by atoms with van der Waals surface area (Å²) in [5, 5.41) is 7.50. The lowest BCUT2D eigenvalue weighted by Gasteiger charge is -2.24. The summed E-state index contributed by atoms with van der Waals surface area (Å²) in [7, 11) is 0. The van der Waals surface area contributed by atoms with E-state index in [4.69, 9.17) is 0 Å². The highest BCUT2D eigenvalue weighted by Crippen LogP contribution is 2.31. The zero-order valence-electron chi connectivity index (χ0n) is 12.2. The van der Waals surface area contributed by atoms with Crippen LogP contribution in [-0.2, 0) is 4.79 Å². The molecule has 0 atom stereocenters. The maximum Gasteiger partial charge on any atom is 0.225 e. The van der Waals surface area contributed by atoms with Crippen LogP contribution in [0.3, 0.4) is 0 Å². The first-order chi connectivity index (χ1) is 9.83. The molecular weight excluding hydrogens is 250 g/mol. The van der Waals surface area contributed by atoms with Gasteiger partial charge in [0.15, 0.2) is 0 Å². The zero-order valence-corrected chi connectivity index (χ0v) is 12.2. The monoisotopic (exact) mass is 275 g/mol. The zero-order chi connectivity index (χ0) is 13.8. The minimum absolute atomic E-state index is 0.162. The van der Waals surface area contributed by atoms with Crippen LogP contribution in [0.25, 0.3) is 0 Å². The van der Waals surface area contributed by atoms with E-state index in [9.17, 15) is 4.79 Å². The van der Waals surface area contributed by atoms with Crippen LogP contribution in [0, 0.1) is 5.92 Å². The molecule has 1 heterocycles. The second-order valence-corrected chi connectivity index (χ2v) is 6.36. The molecule has 1 aromatic heterocycles. The second-order valence-electron chi connectivity index (χ2n) is 6.36. The molecule has 0 aromatic carbocycles. The number of nitrogens with zero attached hydrogens (tertiary/aromatic N) is 2. The molecule has 1 amide bonds. The number of nitrogens with one attached hydrogen (secondary N) is 1. The summed E-state index contributed by atoms with van der Waals surface area (Å²) >= 11 is 0. The molecule has 0 saturated heterocycles.